The van der Waals surface area contributed by atoms with Crippen molar-refractivity contribution in [1.29, 1.82) is 0 Å². The largest absolute Gasteiger partial charge is 0.303 e. The summed E-state index contributed by atoms with van der Waals surface area (Å²) in [4.78, 5) is 14.1. The van der Waals surface area contributed by atoms with Crippen LogP contribution >= 0.6 is 0 Å². The summed E-state index contributed by atoms with van der Waals surface area (Å²) in [5.74, 6) is 0.821. The Morgan fingerprint density at radius 3 is 2.47 bits per heavy atom. The van der Waals surface area contributed by atoms with Crippen LogP contribution in [0.2, 0.25) is 0 Å². The summed E-state index contributed by atoms with van der Waals surface area (Å²) in [5, 5.41) is 0. The SMILES string of the molecule is CC1CCC(C=O)(CN2CCCCC2C)CC1. The lowest BCUT2D eigenvalue weighted by Crippen LogP contribution is -2.46. The van der Waals surface area contributed by atoms with Gasteiger partial charge >= 0.3 is 0 Å². The van der Waals surface area contributed by atoms with Crippen molar-refractivity contribution in [3.8, 4) is 0 Å². The molecule has 0 spiro atoms. The van der Waals surface area contributed by atoms with E-state index in [1.165, 1.54) is 44.9 Å². The van der Waals surface area contributed by atoms with E-state index in [9.17, 15) is 4.79 Å². The van der Waals surface area contributed by atoms with Crippen LogP contribution in [0.15, 0.2) is 0 Å². The number of piperidine rings is 1. The molecule has 2 nitrogen and oxygen atoms in total. The second-order valence-corrected chi connectivity index (χ2v) is 6.48. The number of hydrogen-bond acceptors (Lipinski definition) is 2. The van der Waals surface area contributed by atoms with Crippen LogP contribution in [0.25, 0.3) is 0 Å². The molecule has 1 saturated carbocycles. The molecule has 2 fully saturated rings. The summed E-state index contributed by atoms with van der Waals surface area (Å²) in [6, 6.07) is 0.680. The van der Waals surface area contributed by atoms with Gasteiger partial charge in [-0.15, -0.1) is 0 Å². The normalized spacial score (nSPS) is 40.1. The third-order valence-electron chi connectivity index (χ3n) is 4.98. The molecular formula is C15H27NO. The van der Waals surface area contributed by atoms with Crippen molar-refractivity contribution in [2.24, 2.45) is 11.3 Å². The fraction of sp³-hybridized carbons (Fsp3) is 0.933. The van der Waals surface area contributed by atoms with Crippen molar-refractivity contribution >= 4 is 6.29 Å². The maximum absolute atomic E-state index is 11.5. The Balaban J connectivity index is 1.96. The predicted molar refractivity (Wildman–Crippen MR) is 71.0 cm³/mol. The van der Waals surface area contributed by atoms with Crippen LogP contribution in [0.5, 0.6) is 0 Å². The first-order valence-electron chi connectivity index (χ1n) is 7.36. The molecule has 0 bridgehead atoms. The van der Waals surface area contributed by atoms with Gasteiger partial charge in [0.1, 0.15) is 6.29 Å². The molecule has 1 saturated heterocycles. The van der Waals surface area contributed by atoms with Gasteiger partial charge in [0.2, 0.25) is 0 Å². The second-order valence-electron chi connectivity index (χ2n) is 6.48. The smallest absolute Gasteiger partial charge is 0.127 e. The summed E-state index contributed by atoms with van der Waals surface area (Å²) >= 11 is 0. The van der Waals surface area contributed by atoms with Crippen LogP contribution in [0, 0.1) is 11.3 Å². The molecule has 2 rings (SSSR count). The highest BCUT2D eigenvalue weighted by Crippen LogP contribution is 2.38. The van der Waals surface area contributed by atoms with Gasteiger partial charge in [-0.1, -0.05) is 13.3 Å². The Hall–Kier alpha value is -0.370. The maximum Gasteiger partial charge on any atom is 0.127 e. The van der Waals surface area contributed by atoms with E-state index in [-0.39, 0.29) is 5.41 Å². The standard InChI is InChI=1S/C15H27NO/c1-13-6-8-15(12-17,9-7-13)11-16-10-4-3-5-14(16)2/h12-14H,3-11H2,1-2H3. The first-order valence-corrected chi connectivity index (χ1v) is 7.36. The van der Waals surface area contributed by atoms with Crippen molar-refractivity contribution in [3.63, 3.8) is 0 Å². The van der Waals surface area contributed by atoms with Gasteiger partial charge in [0.25, 0.3) is 0 Å². The van der Waals surface area contributed by atoms with E-state index in [0.717, 1.165) is 25.3 Å². The molecule has 1 aliphatic heterocycles. The van der Waals surface area contributed by atoms with E-state index in [1.807, 2.05) is 0 Å². The fourth-order valence-corrected chi connectivity index (χ4v) is 3.45. The van der Waals surface area contributed by atoms with Gasteiger partial charge < -0.3 is 4.79 Å². The summed E-state index contributed by atoms with van der Waals surface area (Å²) in [7, 11) is 0. The predicted octanol–water partition coefficient (Wildman–Crippen LogP) is 3.26. The molecule has 0 aromatic carbocycles. The molecule has 2 heteroatoms. The number of carbonyl (C=O) groups is 1. The fourth-order valence-electron chi connectivity index (χ4n) is 3.45. The summed E-state index contributed by atoms with van der Waals surface area (Å²) in [6.07, 6.45) is 9.97. The van der Waals surface area contributed by atoms with Crippen LogP contribution in [0.1, 0.15) is 58.8 Å². The van der Waals surface area contributed by atoms with Crippen molar-refractivity contribution in [3.05, 3.63) is 0 Å². The van der Waals surface area contributed by atoms with Gasteiger partial charge in [-0.25, -0.2) is 0 Å². The number of likely N-dealkylation sites (tertiary alicyclic amines) is 1. The Morgan fingerprint density at radius 2 is 1.88 bits per heavy atom. The molecular weight excluding hydrogens is 210 g/mol. The molecule has 0 aromatic rings. The zero-order valence-corrected chi connectivity index (χ0v) is 11.5. The molecule has 2 aliphatic rings. The van der Waals surface area contributed by atoms with E-state index in [2.05, 4.69) is 18.7 Å². The number of nitrogens with zero attached hydrogens (tertiary/aromatic N) is 1. The highest BCUT2D eigenvalue weighted by atomic mass is 16.1. The molecule has 0 N–H and O–H groups in total. The van der Waals surface area contributed by atoms with Crippen molar-refractivity contribution in [2.75, 3.05) is 13.1 Å². The lowest BCUT2D eigenvalue weighted by molar-refractivity contribution is -0.120. The molecule has 1 heterocycles. The Labute approximate surface area is 106 Å². The summed E-state index contributed by atoms with van der Waals surface area (Å²) in [5.41, 5.74) is -0.0158. The number of aldehydes is 1. The molecule has 0 radical (unpaired) electrons. The third-order valence-corrected chi connectivity index (χ3v) is 4.98. The van der Waals surface area contributed by atoms with Gasteiger partial charge in [-0.3, -0.25) is 4.90 Å². The van der Waals surface area contributed by atoms with Crippen molar-refractivity contribution in [1.82, 2.24) is 4.90 Å². The molecule has 1 unspecified atom stereocenters. The molecule has 17 heavy (non-hydrogen) atoms. The Morgan fingerprint density at radius 1 is 1.18 bits per heavy atom. The lowest BCUT2D eigenvalue weighted by Gasteiger charge is -2.42. The molecule has 1 atom stereocenters. The zero-order valence-electron chi connectivity index (χ0n) is 11.5. The zero-order chi connectivity index (χ0) is 12.3. The van der Waals surface area contributed by atoms with Crippen LogP contribution < -0.4 is 0 Å². The Kier molecular flexibility index (Phi) is 4.24. The number of carbonyl (C=O) groups excluding carboxylic acids is 1. The quantitative estimate of drug-likeness (QED) is 0.702. The van der Waals surface area contributed by atoms with Gasteiger partial charge in [-0.2, -0.15) is 0 Å². The van der Waals surface area contributed by atoms with Gasteiger partial charge in [0, 0.05) is 18.0 Å². The van der Waals surface area contributed by atoms with E-state index >= 15 is 0 Å². The minimum Gasteiger partial charge on any atom is -0.303 e. The highest BCUT2D eigenvalue weighted by Gasteiger charge is 2.36. The topological polar surface area (TPSA) is 20.3 Å². The van der Waals surface area contributed by atoms with Crippen LogP contribution in [0.3, 0.4) is 0 Å². The van der Waals surface area contributed by atoms with E-state index in [1.54, 1.807) is 0 Å². The van der Waals surface area contributed by atoms with Crippen molar-refractivity contribution in [2.45, 2.75) is 64.8 Å². The lowest BCUT2D eigenvalue weighted by atomic mass is 9.71. The monoisotopic (exact) mass is 237 g/mol. The van der Waals surface area contributed by atoms with Gasteiger partial charge in [-0.05, 0) is 57.9 Å². The van der Waals surface area contributed by atoms with Gasteiger partial charge in [0.05, 0.1) is 0 Å². The van der Waals surface area contributed by atoms with Crippen LogP contribution in [-0.2, 0) is 4.79 Å². The minimum atomic E-state index is -0.0158. The summed E-state index contributed by atoms with van der Waals surface area (Å²) in [6.45, 7) is 6.86. The van der Waals surface area contributed by atoms with E-state index < -0.39 is 0 Å². The highest BCUT2D eigenvalue weighted by molar-refractivity contribution is 5.60. The average molecular weight is 237 g/mol. The van der Waals surface area contributed by atoms with E-state index in [4.69, 9.17) is 0 Å². The number of hydrogen-bond donors (Lipinski definition) is 0. The molecule has 0 aromatic heterocycles. The Bertz CT molecular complexity index is 256. The van der Waals surface area contributed by atoms with Gasteiger partial charge in [0.15, 0.2) is 0 Å². The van der Waals surface area contributed by atoms with Crippen LogP contribution in [0.4, 0.5) is 0 Å². The summed E-state index contributed by atoms with van der Waals surface area (Å²) < 4.78 is 0. The average Bonchev–Trinajstić information content (AvgIpc) is 2.35. The number of rotatable bonds is 3. The second kappa shape index (κ2) is 5.51. The maximum atomic E-state index is 11.5. The third kappa shape index (κ3) is 3.09. The molecule has 1 aliphatic carbocycles. The minimum absolute atomic E-state index is 0.0158. The first-order chi connectivity index (χ1) is 8.15. The van der Waals surface area contributed by atoms with Crippen LogP contribution in [-0.4, -0.2) is 30.3 Å². The van der Waals surface area contributed by atoms with E-state index in [0.29, 0.717) is 6.04 Å². The molecule has 98 valence electrons. The first kappa shape index (κ1) is 13.1. The van der Waals surface area contributed by atoms with Crippen molar-refractivity contribution < 1.29 is 4.79 Å². The molecule has 0 amide bonds.